The van der Waals surface area contributed by atoms with Crippen molar-refractivity contribution in [3.63, 3.8) is 0 Å². The summed E-state index contributed by atoms with van der Waals surface area (Å²) >= 11 is 0. The molecule has 2 heterocycles. The molecule has 0 bridgehead atoms. The first-order chi connectivity index (χ1) is 14.7. The second kappa shape index (κ2) is 7.74. The van der Waals surface area contributed by atoms with Crippen LogP contribution in [-0.4, -0.2) is 51.8 Å². The first kappa shape index (κ1) is 19.1. The van der Waals surface area contributed by atoms with Gasteiger partial charge in [0.05, 0.1) is 26.2 Å². The van der Waals surface area contributed by atoms with E-state index in [1.165, 1.54) is 16.9 Å². The van der Waals surface area contributed by atoms with Crippen LogP contribution in [0.1, 0.15) is 18.4 Å². The molecule has 2 atom stereocenters. The van der Waals surface area contributed by atoms with Gasteiger partial charge in [-0.3, -0.25) is 4.79 Å². The molecule has 30 heavy (non-hydrogen) atoms. The summed E-state index contributed by atoms with van der Waals surface area (Å²) in [7, 11) is 3.39. The van der Waals surface area contributed by atoms with Gasteiger partial charge < -0.3 is 24.6 Å². The fourth-order valence-corrected chi connectivity index (χ4v) is 4.77. The van der Waals surface area contributed by atoms with Gasteiger partial charge in [-0.05, 0) is 55.2 Å². The Kier molecular flexibility index (Phi) is 4.93. The van der Waals surface area contributed by atoms with Crippen molar-refractivity contribution >= 4 is 17.3 Å². The number of piperazine rings is 1. The van der Waals surface area contributed by atoms with Gasteiger partial charge >= 0.3 is 0 Å². The van der Waals surface area contributed by atoms with Gasteiger partial charge in [-0.1, -0.05) is 6.07 Å². The summed E-state index contributed by atoms with van der Waals surface area (Å²) in [5, 5.41) is 3.25. The molecule has 0 aromatic heterocycles. The van der Waals surface area contributed by atoms with Crippen molar-refractivity contribution in [1.29, 1.82) is 0 Å². The minimum atomic E-state index is -0.0486. The Morgan fingerprint density at radius 1 is 1.00 bits per heavy atom. The van der Waals surface area contributed by atoms with E-state index in [1.54, 1.807) is 14.2 Å². The van der Waals surface area contributed by atoms with Gasteiger partial charge in [-0.25, -0.2) is 0 Å². The van der Waals surface area contributed by atoms with Gasteiger partial charge in [-0.15, -0.1) is 0 Å². The number of benzene rings is 2. The number of ether oxygens (including phenoxy) is 2. The number of carbonyl (C=O) groups is 1. The minimum Gasteiger partial charge on any atom is -0.497 e. The van der Waals surface area contributed by atoms with E-state index in [4.69, 9.17) is 9.47 Å². The predicted octanol–water partition coefficient (Wildman–Crippen LogP) is 2.85. The Hall–Kier alpha value is -2.89. The molecule has 3 aliphatic rings. The fourth-order valence-electron chi connectivity index (χ4n) is 4.77. The van der Waals surface area contributed by atoms with E-state index in [2.05, 4.69) is 39.4 Å². The molecule has 1 aliphatic carbocycles. The molecule has 6 heteroatoms. The van der Waals surface area contributed by atoms with Gasteiger partial charge in [0, 0.05) is 43.1 Å². The van der Waals surface area contributed by atoms with E-state index in [-0.39, 0.29) is 17.9 Å². The summed E-state index contributed by atoms with van der Waals surface area (Å²) in [5.74, 6) is 1.88. The first-order valence-corrected chi connectivity index (χ1v) is 10.8. The lowest BCUT2D eigenvalue weighted by Gasteiger charge is -2.49. The van der Waals surface area contributed by atoms with E-state index in [0.717, 1.165) is 50.4 Å². The van der Waals surface area contributed by atoms with Gasteiger partial charge in [0.2, 0.25) is 5.91 Å². The summed E-state index contributed by atoms with van der Waals surface area (Å²) in [6.07, 6.45) is 2.99. The van der Waals surface area contributed by atoms with Crippen LogP contribution in [0.4, 0.5) is 11.4 Å². The number of amides is 1. The lowest BCUT2D eigenvalue weighted by Crippen LogP contribution is -2.61. The van der Waals surface area contributed by atoms with E-state index in [9.17, 15) is 4.79 Å². The Morgan fingerprint density at radius 3 is 2.43 bits per heavy atom. The summed E-state index contributed by atoms with van der Waals surface area (Å²) in [6, 6.07) is 15.0. The third-order valence-corrected chi connectivity index (χ3v) is 6.62. The van der Waals surface area contributed by atoms with Crippen LogP contribution in [0.15, 0.2) is 42.5 Å². The normalized spacial score (nSPS) is 22.7. The highest BCUT2D eigenvalue weighted by atomic mass is 16.5. The summed E-state index contributed by atoms with van der Waals surface area (Å²) in [4.78, 5) is 18.0. The standard InChI is InChI=1S/C24H29N3O3/c1-29-19-9-6-18(7-10-19)26-11-12-27-22-14-20(30-2)8-3-16(22)13-21(23(27)15-26)24(28)25-17-4-5-17/h3,6-10,14,17,21,23H,4-5,11-13,15H2,1-2H3,(H,25,28)/t21-,23-/m0/s1. The number of methoxy groups -OCH3 is 2. The maximum absolute atomic E-state index is 13.2. The molecule has 158 valence electrons. The zero-order valence-electron chi connectivity index (χ0n) is 17.6. The fraction of sp³-hybridized carbons (Fsp3) is 0.458. The maximum atomic E-state index is 13.2. The monoisotopic (exact) mass is 407 g/mol. The van der Waals surface area contributed by atoms with Crippen molar-refractivity contribution in [1.82, 2.24) is 5.32 Å². The van der Waals surface area contributed by atoms with Crippen molar-refractivity contribution in [3.8, 4) is 11.5 Å². The zero-order chi connectivity index (χ0) is 20.7. The van der Waals surface area contributed by atoms with Crippen molar-refractivity contribution in [2.75, 3.05) is 43.7 Å². The molecule has 1 amide bonds. The Labute approximate surface area is 177 Å². The predicted molar refractivity (Wildman–Crippen MR) is 118 cm³/mol. The Morgan fingerprint density at radius 2 is 1.73 bits per heavy atom. The molecule has 2 fully saturated rings. The van der Waals surface area contributed by atoms with Crippen molar-refractivity contribution in [3.05, 3.63) is 48.0 Å². The van der Waals surface area contributed by atoms with E-state index < -0.39 is 0 Å². The van der Waals surface area contributed by atoms with Gasteiger partial charge in [0.1, 0.15) is 11.5 Å². The van der Waals surface area contributed by atoms with Crippen LogP contribution >= 0.6 is 0 Å². The van der Waals surface area contributed by atoms with E-state index in [1.807, 2.05) is 18.2 Å². The van der Waals surface area contributed by atoms with Crippen molar-refractivity contribution in [2.45, 2.75) is 31.3 Å². The molecule has 0 radical (unpaired) electrons. The first-order valence-electron chi connectivity index (χ1n) is 10.8. The van der Waals surface area contributed by atoms with Crippen LogP contribution in [-0.2, 0) is 11.2 Å². The second-order valence-electron chi connectivity index (χ2n) is 8.49. The number of fused-ring (bicyclic) bond motifs is 3. The number of anilines is 2. The molecule has 6 nitrogen and oxygen atoms in total. The zero-order valence-corrected chi connectivity index (χ0v) is 17.6. The highest BCUT2D eigenvalue weighted by molar-refractivity contribution is 5.83. The van der Waals surface area contributed by atoms with Crippen molar-refractivity contribution in [2.24, 2.45) is 5.92 Å². The average molecular weight is 408 g/mol. The molecule has 2 aromatic carbocycles. The van der Waals surface area contributed by atoms with Crippen LogP contribution in [0.25, 0.3) is 0 Å². The number of rotatable bonds is 5. The molecular formula is C24H29N3O3. The number of carbonyl (C=O) groups excluding carboxylic acids is 1. The van der Waals surface area contributed by atoms with Crippen LogP contribution < -0.4 is 24.6 Å². The third kappa shape index (κ3) is 3.55. The lowest BCUT2D eigenvalue weighted by molar-refractivity contribution is -0.126. The van der Waals surface area contributed by atoms with Crippen LogP contribution in [0, 0.1) is 5.92 Å². The van der Waals surface area contributed by atoms with Crippen molar-refractivity contribution < 1.29 is 14.3 Å². The lowest BCUT2D eigenvalue weighted by atomic mass is 9.83. The SMILES string of the molecule is COc1ccc(N2CCN3c4cc(OC)ccc4C[C@H](C(=O)NC4CC4)[C@@H]3C2)cc1. The molecular weight excluding hydrogens is 378 g/mol. The molecule has 1 saturated heterocycles. The molecule has 1 N–H and O–H groups in total. The van der Waals surface area contributed by atoms with Crippen LogP contribution in [0.2, 0.25) is 0 Å². The molecule has 0 unspecified atom stereocenters. The van der Waals surface area contributed by atoms with E-state index in [0.29, 0.717) is 6.04 Å². The van der Waals surface area contributed by atoms with Crippen LogP contribution in [0.3, 0.4) is 0 Å². The Bertz CT molecular complexity index is 926. The summed E-state index contributed by atoms with van der Waals surface area (Å²) in [5.41, 5.74) is 3.62. The number of nitrogens with one attached hydrogen (secondary N) is 1. The van der Waals surface area contributed by atoms with Gasteiger partial charge in [0.25, 0.3) is 0 Å². The number of nitrogens with zero attached hydrogens (tertiary/aromatic N) is 2. The number of hydrogen-bond acceptors (Lipinski definition) is 5. The second-order valence-corrected chi connectivity index (χ2v) is 8.49. The molecule has 2 aromatic rings. The average Bonchev–Trinajstić information content (AvgIpc) is 3.61. The van der Waals surface area contributed by atoms with E-state index >= 15 is 0 Å². The maximum Gasteiger partial charge on any atom is 0.225 e. The number of hydrogen-bond donors (Lipinski definition) is 1. The smallest absolute Gasteiger partial charge is 0.225 e. The van der Waals surface area contributed by atoms with Gasteiger partial charge in [0.15, 0.2) is 0 Å². The third-order valence-electron chi connectivity index (χ3n) is 6.62. The van der Waals surface area contributed by atoms with Crippen LogP contribution in [0.5, 0.6) is 11.5 Å². The largest absolute Gasteiger partial charge is 0.497 e. The Balaban J connectivity index is 1.44. The topological polar surface area (TPSA) is 54.0 Å². The van der Waals surface area contributed by atoms with Gasteiger partial charge in [-0.2, -0.15) is 0 Å². The minimum absolute atomic E-state index is 0.0486. The molecule has 1 saturated carbocycles. The molecule has 0 spiro atoms. The summed E-state index contributed by atoms with van der Waals surface area (Å²) in [6.45, 7) is 2.62. The summed E-state index contributed by atoms with van der Waals surface area (Å²) < 4.78 is 10.8. The highest BCUT2D eigenvalue weighted by Gasteiger charge is 2.42. The molecule has 2 aliphatic heterocycles. The quantitative estimate of drug-likeness (QED) is 0.826. The molecule has 5 rings (SSSR count). The highest BCUT2D eigenvalue weighted by Crippen LogP contribution is 2.39.